The van der Waals surface area contributed by atoms with Crippen LogP contribution in [-0.4, -0.2) is 24.3 Å². The van der Waals surface area contributed by atoms with E-state index in [4.69, 9.17) is 4.74 Å². The van der Waals surface area contributed by atoms with Crippen LogP contribution >= 0.6 is 0 Å². The van der Waals surface area contributed by atoms with Crippen LogP contribution in [0.2, 0.25) is 0 Å². The zero-order chi connectivity index (χ0) is 16.3. The highest BCUT2D eigenvalue weighted by Crippen LogP contribution is 2.21. The van der Waals surface area contributed by atoms with Crippen LogP contribution in [0, 0.1) is 6.92 Å². The van der Waals surface area contributed by atoms with E-state index in [1.165, 1.54) is 5.56 Å². The lowest BCUT2D eigenvalue weighted by molar-refractivity contribution is 0.0636. The summed E-state index contributed by atoms with van der Waals surface area (Å²) in [6, 6.07) is 6.13. The maximum absolute atomic E-state index is 11.9. The van der Waals surface area contributed by atoms with E-state index in [2.05, 4.69) is 30.5 Å². The van der Waals surface area contributed by atoms with E-state index in [-0.39, 0.29) is 5.54 Å². The molecule has 0 saturated carbocycles. The molecule has 0 aromatic heterocycles. The quantitative estimate of drug-likeness (QED) is 0.885. The number of aryl methyl sites for hydroxylation is 1. The van der Waals surface area contributed by atoms with Crippen LogP contribution in [0.15, 0.2) is 18.2 Å². The minimum Gasteiger partial charge on any atom is -0.444 e. The molecule has 0 unspecified atom stereocenters. The Hall–Kier alpha value is -1.55. The van der Waals surface area contributed by atoms with Gasteiger partial charge in [0.25, 0.3) is 0 Å². The number of hydrogen-bond acceptors (Lipinski definition) is 3. The zero-order valence-electron chi connectivity index (χ0n) is 14.3. The van der Waals surface area contributed by atoms with Gasteiger partial charge in [-0.15, -0.1) is 0 Å². The van der Waals surface area contributed by atoms with Crippen molar-refractivity contribution >= 4 is 11.8 Å². The molecule has 0 aliphatic carbocycles. The summed E-state index contributed by atoms with van der Waals surface area (Å²) in [5, 5.41) is 6.11. The van der Waals surface area contributed by atoms with Gasteiger partial charge in [-0.05, 0) is 72.2 Å². The molecule has 0 bridgehead atoms. The van der Waals surface area contributed by atoms with Crippen molar-refractivity contribution in [3.8, 4) is 0 Å². The first-order chi connectivity index (χ1) is 9.52. The monoisotopic (exact) mass is 292 g/mol. The number of likely N-dealkylation sites (N-methyl/N-ethyl adjacent to an activating group) is 1. The molecule has 1 aromatic rings. The molecule has 4 heteroatoms. The molecule has 0 saturated heterocycles. The van der Waals surface area contributed by atoms with Gasteiger partial charge >= 0.3 is 6.09 Å². The summed E-state index contributed by atoms with van der Waals surface area (Å²) in [5.41, 5.74) is 2.51. The number of hydrogen-bond donors (Lipinski definition) is 2. The molecular formula is C17H28N2O2. The van der Waals surface area contributed by atoms with Gasteiger partial charge in [0, 0.05) is 11.2 Å². The lowest BCUT2D eigenvalue weighted by Crippen LogP contribution is -2.38. The molecule has 0 aliphatic heterocycles. The molecule has 0 spiro atoms. The summed E-state index contributed by atoms with van der Waals surface area (Å²) in [7, 11) is 1.95. The number of carbonyl (C=O) groups is 1. The second-order valence-electron chi connectivity index (χ2n) is 7.09. The molecule has 2 N–H and O–H groups in total. The van der Waals surface area contributed by atoms with Crippen molar-refractivity contribution in [2.75, 3.05) is 12.4 Å². The number of nitrogens with one attached hydrogen (secondary N) is 2. The summed E-state index contributed by atoms with van der Waals surface area (Å²) in [4.78, 5) is 11.9. The number of benzene rings is 1. The molecule has 1 rings (SSSR count). The highest BCUT2D eigenvalue weighted by Gasteiger charge is 2.18. The molecule has 0 fully saturated rings. The Morgan fingerprint density at radius 3 is 2.33 bits per heavy atom. The van der Waals surface area contributed by atoms with E-state index in [9.17, 15) is 4.79 Å². The zero-order valence-corrected chi connectivity index (χ0v) is 14.3. The fraction of sp³-hybridized carbons (Fsp3) is 0.588. The smallest absolute Gasteiger partial charge is 0.412 e. The Bertz CT molecular complexity index is 502. The molecular weight excluding hydrogens is 264 g/mol. The van der Waals surface area contributed by atoms with Crippen LogP contribution < -0.4 is 10.6 Å². The van der Waals surface area contributed by atoms with Crippen molar-refractivity contribution < 1.29 is 9.53 Å². The number of anilines is 1. The predicted octanol–water partition coefficient (Wildman–Crippen LogP) is 3.88. The van der Waals surface area contributed by atoms with Crippen LogP contribution in [0.25, 0.3) is 0 Å². The van der Waals surface area contributed by atoms with E-state index in [0.717, 1.165) is 17.7 Å². The first-order valence-corrected chi connectivity index (χ1v) is 7.31. The Morgan fingerprint density at radius 2 is 1.81 bits per heavy atom. The molecule has 0 radical (unpaired) electrons. The normalized spacial score (nSPS) is 12.1. The molecule has 0 atom stereocenters. The van der Waals surface area contributed by atoms with Gasteiger partial charge in [0.1, 0.15) is 5.60 Å². The van der Waals surface area contributed by atoms with Gasteiger partial charge < -0.3 is 10.1 Å². The summed E-state index contributed by atoms with van der Waals surface area (Å²) in [6.45, 7) is 11.8. The third kappa shape index (κ3) is 6.17. The summed E-state index contributed by atoms with van der Waals surface area (Å²) >= 11 is 0. The van der Waals surface area contributed by atoms with Gasteiger partial charge in [0.15, 0.2) is 0 Å². The van der Waals surface area contributed by atoms with Crippen LogP contribution in [0.3, 0.4) is 0 Å². The van der Waals surface area contributed by atoms with Crippen molar-refractivity contribution in [3.05, 3.63) is 29.3 Å². The first-order valence-electron chi connectivity index (χ1n) is 7.31. The van der Waals surface area contributed by atoms with E-state index in [0.29, 0.717) is 0 Å². The van der Waals surface area contributed by atoms with Crippen molar-refractivity contribution in [3.63, 3.8) is 0 Å². The SMILES string of the molecule is CNC(C)(C)Cc1ccc(C)c(NC(=O)OC(C)(C)C)c1. The maximum Gasteiger partial charge on any atom is 0.412 e. The Balaban J connectivity index is 2.86. The van der Waals surface area contributed by atoms with Crippen molar-refractivity contribution in [1.29, 1.82) is 0 Å². The lowest BCUT2D eigenvalue weighted by Gasteiger charge is -2.25. The van der Waals surface area contributed by atoms with Gasteiger partial charge in [-0.3, -0.25) is 5.32 Å². The summed E-state index contributed by atoms with van der Waals surface area (Å²) < 4.78 is 5.30. The molecule has 1 amide bonds. The highest BCUT2D eigenvalue weighted by atomic mass is 16.6. The molecule has 1 aromatic carbocycles. The van der Waals surface area contributed by atoms with E-state index < -0.39 is 11.7 Å². The second kappa shape index (κ2) is 6.48. The van der Waals surface area contributed by atoms with Crippen LogP contribution in [-0.2, 0) is 11.2 Å². The Morgan fingerprint density at radius 1 is 1.19 bits per heavy atom. The lowest BCUT2D eigenvalue weighted by atomic mass is 9.94. The Labute approximate surface area is 128 Å². The van der Waals surface area contributed by atoms with Crippen LogP contribution in [0.4, 0.5) is 10.5 Å². The van der Waals surface area contributed by atoms with E-state index in [1.807, 2.05) is 46.9 Å². The number of carbonyl (C=O) groups excluding carboxylic acids is 1. The van der Waals surface area contributed by atoms with Gasteiger partial charge in [-0.1, -0.05) is 12.1 Å². The largest absolute Gasteiger partial charge is 0.444 e. The van der Waals surface area contributed by atoms with E-state index in [1.54, 1.807) is 0 Å². The average molecular weight is 292 g/mol. The molecule has 118 valence electrons. The summed E-state index contributed by atoms with van der Waals surface area (Å²) in [6.07, 6.45) is 0.461. The predicted molar refractivity (Wildman–Crippen MR) is 87.9 cm³/mol. The summed E-state index contributed by atoms with van der Waals surface area (Å²) in [5.74, 6) is 0. The van der Waals surface area contributed by atoms with Crippen LogP contribution in [0.5, 0.6) is 0 Å². The molecule has 21 heavy (non-hydrogen) atoms. The van der Waals surface area contributed by atoms with Crippen molar-refractivity contribution in [2.24, 2.45) is 0 Å². The minimum absolute atomic E-state index is 0.0123. The Kier molecular flexibility index (Phi) is 5.40. The minimum atomic E-state index is -0.496. The van der Waals surface area contributed by atoms with Gasteiger partial charge in [0.2, 0.25) is 0 Å². The fourth-order valence-corrected chi connectivity index (χ4v) is 1.93. The molecule has 0 heterocycles. The standard InChI is InChI=1S/C17H28N2O2/c1-12-8-9-13(11-17(5,6)18-7)10-14(12)19-15(20)21-16(2,3)4/h8-10,18H,11H2,1-7H3,(H,19,20). The van der Waals surface area contributed by atoms with Crippen molar-refractivity contribution in [1.82, 2.24) is 5.32 Å². The second-order valence-corrected chi connectivity index (χ2v) is 7.09. The van der Waals surface area contributed by atoms with Crippen LogP contribution in [0.1, 0.15) is 45.7 Å². The van der Waals surface area contributed by atoms with E-state index >= 15 is 0 Å². The third-order valence-corrected chi connectivity index (χ3v) is 3.26. The fourth-order valence-electron chi connectivity index (χ4n) is 1.93. The molecule has 0 aliphatic rings. The average Bonchev–Trinajstić information content (AvgIpc) is 2.31. The first kappa shape index (κ1) is 17.5. The van der Waals surface area contributed by atoms with Gasteiger partial charge in [-0.25, -0.2) is 4.79 Å². The topological polar surface area (TPSA) is 50.4 Å². The third-order valence-electron chi connectivity index (χ3n) is 3.26. The van der Waals surface area contributed by atoms with Gasteiger partial charge in [-0.2, -0.15) is 0 Å². The number of ether oxygens (including phenoxy) is 1. The maximum atomic E-state index is 11.9. The number of amides is 1. The number of rotatable bonds is 4. The highest BCUT2D eigenvalue weighted by molar-refractivity contribution is 5.86. The van der Waals surface area contributed by atoms with Gasteiger partial charge in [0.05, 0.1) is 0 Å². The van der Waals surface area contributed by atoms with Crippen molar-refractivity contribution in [2.45, 2.75) is 59.1 Å². The molecule has 4 nitrogen and oxygen atoms in total.